The van der Waals surface area contributed by atoms with Gasteiger partial charge in [0, 0.05) is 36.6 Å². The third-order valence-corrected chi connectivity index (χ3v) is 6.07. The van der Waals surface area contributed by atoms with Crippen LogP contribution < -0.4 is 4.31 Å². The monoisotopic (exact) mass is 387 g/mol. The molecular weight excluding hydrogens is 362 g/mol. The Bertz CT molecular complexity index is 942. The van der Waals surface area contributed by atoms with E-state index in [9.17, 15) is 13.2 Å². The van der Waals surface area contributed by atoms with Crippen LogP contribution in [0.5, 0.6) is 0 Å². The van der Waals surface area contributed by atoms with Crippen LogP contribution in [0.2, 0.25) is 0 Å². The lowest BCUT2D eigenvalue weighted by Gasteiger charge is -2.27. The van der Waals surface area contributed by atoms with E-state index in [1.165, 1.54) is 10.6 Å². The number of hydrogen-bond acceptors (Lipinski definition) is 4. The summed E-state index contributed by atoms with van der Waals surface area (Å²) in [5, 5.41) is 0. The fourth-order valence-corrected chi connectivity index (χ4v) is 4.85. The van der Waals surface area contributed by atoms with E-state index in [-0.39, 0.29) is 18.0 Å². The molecule has 1 aliphatic heterocycles. The molecule has 2 heterocycles. The van der Waals surface area contributed by atoms with Crippen LogP contribution in [0, 0.1) is 0 Å². The number of sulfonamides is 1. The van der Waals surface area contributed by atoms with Crippen LogP contribution in [-0.2, 0) is 23.0 Å². The summed E-state index contributed by atoms with van der Waals surface area (Å²) >= 11 is 0. The van der Waals surface area contributed by atoms with Gasteiger partial charge in [-0.3, -0.25) is 14.1 Å². The summed E-state index contributed by atoms with van der Waals surface area (Å²) in [5.41, 5.74) is 3.11. The molecule has 1 atom stereocenters. The first-order valence-corrected chi connectivity index (χ1v) is 10.9. The number of amides is 1. The minimum Gasteiger partial charge on any atom is -0.332 e. The molecule has 0 saturated carbocycles. The normalized spacial score (nSPS) is 16.5. The van der Waals surface area contributed by atoms with Crippen LogP contribution in [0.3, 0.4) is 0 Å². The number of anilines is 1. The zero-order valence-electron chi connectivity index (χ0n) is 16.1. The Hall–Kier alpha value is -2.41. The molecule has 0 bridgehead atoms. The van der Waals surface area contributed by atoms with Gasteiger partial charge < -0.3 is 4.90 Å². The molecule has 1 aromatic heterocycles. The largest absolute Gasteiger partial charge is 0.332 e. The summed E-state index contributed by atoms with van der Waals surface area (Å²) in [5.74, 6) is -0.0675. The summed E-state index contributed by atoms with van der Waals surface area (Å²) in [4.78, 5) is 19.0. The number of pyridine rings is 1. The molecule has 1 aromatic carbocycles. The zero-order valence-corrected chi connectivity index (χ0v) is 16.9. The van der Waals surface area contributed by atoms with Gasteiger partial charge in [0.05, 0.1) is 11.9 Å². The summed E-state index contributed by atoms with van der Waals surface area (Å²) in [6, 6.07) is 8.98. The Morgan fingerprint density at radius 1 is 1.33 bits per heavy atom. The van der Waals surface area contributed by atoms with E-state index in [4.69, 9.17) is 0 Å². The molecule has 1 aliphatic rings. The second-order valence-electron chi connectivity index (χ2n) is 7.34. The van der Waals surface area contributed by atoms with Crippen LogP contribution in [0.15, 0.2) is 42.7 Å². The number of carbonyl (C=O) groups excluding carboxylic acids is 1. The van der Waals surface area contributed by atoms with Crippen molar-refractivity contribution in [3.8, 4) is 0 Å². The van der Waals surface area contributed by atoms with Crippen LogP contribution >= 0.6 is 0 Å². The van der Waals surface area contributed by atoms with Crippen LogP contribution in [-0.4, -0.2) is 42.5 Å². The van der Waals surface area contributed by atoms with Crippen molar-refractivity contribution in [2.75, 3.05) is 10.6 Å². The number of rotatable bonds is 5. The molecule has 6 nitrogen and oxygen atoms in total. The Morgan fingerprint density at radius 3 is 2.67 bits per heavy atom. The second-order valence-corrected chi connectivity index (χ2v) is 9.20. The lowest BCUT2D eigenvalue weighted by Crippen LogP contribution is -2.36. The van der Waals surface area contributed by atoms with Gasteiger partial charge in [0.2, 0.25) is 10.0 Å². The van der Waals surface area contributed by atoms with Crippen LogP contribution in [0.25, 0.3) is 0 Å². The first-order chi connectivity index (χ1) is 12.7. The molecule has 7 heteroatoms. The molecule has 0 saturated heterocycles. The smallest absolute Gasteiger partial charge is 0.254 e. The molecule has 1 unspecified atom stereocenters. The number of nitrogens with zero attached hydrogens (tertiary/aromatic N) is 3. The predicted octanol–water partition coefficient (Wildman–Crippen LogP) is 2.84. The molecule has 0 N–H and O–H groups in total. The summed E-state index contributed by atoms with van der Waals surface area (Å²) in [7, 11) is -3.34. The van der Waals surface area contributed by atoms with E-state index in [0.717, 1.165) is 11.1 Å². The highest BCUT2D eigenvalue weighted by molar-refractivity contribution is 7.92. The lowest BCUT2D eigenvalue weighted by molar-refractivity contribution is 0.0690. The summed E-state index contributed by atoms with van der Waals surface area (Å²) in [6.07, 6.45) is 5.29. The van der Waals surface area contributed by atoms with Gasteiger partial charge in [-0.1, -0.05) is 6.07 Å². The molecule has 3 rings (SSSR count). The van der Waals surface area contributed by atoms with Gasteiger partial charge in [0.1, 0.15) is 0 Å². The van der Waals surface area contributed by atoms with Crippen molar-refractivity contribution in [3.63, 3.8) is 0 Å². The van der Waals surface area contributed by atoms with Crippen molar-refractivity contribution < 1.29 is 13.2 Å². The van der Waals surface area contributed by atoms with E-state index in [2.05, 4.69) is 4.98 Å². The highest BCUT2D eigenvalue weighted by Gasteiger charge is 2.33. The second kappa shape index (κ2) is 7.31. The maximum absolute atomic E-state index is 13.1. The number of aromatic nitrogens is 1. The molecule has 0 fully saturated rings. The molecule has 0 radical (unpaired) electrons. The van der Waals surface area contributed by atoms with Gasteiger partial charge in [0.25, 0.3) is 5.91 Å². The zero-order chi connectivity index (χ0) is 19.8. The van der Waals surface area contributed by atoms with Crippen LogP contribution in [0.1, 0.15) is 42.3 Å². The Morgan fingerprint density at radius 2 is 2.07 bits per heavy atom. The average Bonchev–Trinajstić information content (AvgIpc) is 2.94. The van der Waals surface area contributed by atoms with E-state index in [1.54, 1.807) is 29.4 Å². The van der Waals surface area contributed by atoms with Gasteiger partial charge >= 0.3 is 0 Å². The highest BCUT2D eigenvalue weighted by atomic mass is 32.2. The van der Waals surface area contributed by atoms with Crippen molar-refractivity contribution >= 4 is 21.6 Å². The first-order valence-electron chi connectivity index (χ1n) is 9.00. The van der Waals surface area contributed by atoms with E-state index >= 15 is 0 Å². The van der Waals surface area contributed by atoms with Crippen LogP contribution in [0.4, 0.5) is 5.69 Å². The van der Waals surface area contributed by atoms with Crippen molar-refractivity contribution in [1.82, 2.24) is 9.88 Å². The van der Waals surface area contributed by atoms with Gasteiger partial charge in [-0.05, 0) is 62.6 Å². The Labute approximate surface area is 160 Å². The molecule has 27 heavy (non-hydrogen) atoms. The summed E-state index contributed by atoms with van der Waals surface area (Å²) < 4.78 is 25.6. The molecule has 0 spiro atoms. The fourth-order valence-electron chi connectivity index (χ4n) is 3.58. The van der Waals surface area contributed by atoms with E-state index in [1.807, 2.05) is 39.0 Å². The summed E-state index contributed by atoms with van der Waals surface area (Å²) in [6.45, 7) is 6.32. The highest BCUT2D eigenvalue weighted by Crippen LogP contribution is 2.35. The lowest BCUT2D eigenvalue weighted by atomic mass is 10.1. The van der Waals surface area contributed by atoms with Gasteiger partial charge in [-0.15, -0.1) is 0 Å². The number of carbonyl (C=O) groups is 1. The molecule has 0 aliphatic carbocycles. The Kier molecular flexibility index (Phi) is 5.24. The van der Waals surface area contributed by atoms with E-state index in [0.29, 0.717) is 24.2 Å². The van der Waals surface area contributed by atoms with Crippen molar-refractivity contribution in [2.24, 2.45) is 0 Å². The minimum atomic E-state index is -3.34. The third-order valence-electron chi connectivity index (χ3n) is 4.80. The average molecular weight is 388 g/mol. The quantitative estimate of drug-likeness (QED) is 0.791. The first kappa shape index (κ1) is 19.4. The van der Waals surface area contributed by atoms with Crippen molar-refractivity contribution in [1.29, 1.82) is 0 Å². The molecule has 1 amide bonds. The van der Waals surface area contributed by atoms with E-state index < -0.39 is 10.0 Å². The topological polar surface area (TPSA) is 70.6 Å². The molecule has 144 valence electrons. The fraction of sp³-hybridized carbons (Fsp3) is 0.400. The maximum Gasteiger partial charge on any atom is 0.254 e. The SMILES string of the molecule is CC(C)N(Cc1cccnc1)C(=O)c1ccc2c(c1)CC(C)N2S(C)(=O)=O. The Balaban J connectivity index is 1.90. The number of benzene rings is 1. The number of hydrogen-bond donors (Lipinski definition) is 0. The predicted molar refractivity (Wildman–Crippen MR) is 106 cm³/mol. The standard InChI is InChI=1S/C20H25N3O3S/c1-14(2)22(13-16-6-5-9-21-12-16)20(24)17-7-8-19-18(11-17)10-15(3)23(19)27(4,25)26/h5-9,11-12,14-15H,10,13H2,1-4H3. The third kappa shape index (κ3) is 3.98. The molecule has 2 aromatic rings. The minimum absolute atomic E-state index is 0.0254. The van der Waals surface area contributed by atoms with Crippen molar-refractivity contribution in [2.45, 2.75) is 45.8 Å². The van der Waals surface area contributed by atoms with Crippen molar-refractivity contribution in [3.05, 3.63) is 59.4 Å². The number of fused-ring (bicyclic) bond motifs is 1. The van der Waals surface area contributed by atoms with Gasteiger partial charge in [-0.2, -0.15) is 0 Å². The molecular formula is C20H25N3O3S. The maximum atomic E-state index is 13.1. The van der Waals surface area contributed by atoms with Gasteiger partial charge in [-0.25, -0.2) is 8.42 Å². The van der Waals surface area contributed by atoms with Gasteiger partial charge in [0.15, 0.2) is 0 Å².